The van der Waals surface area contributed by atoms with E-state index in [0.29, 0.717) is 16.7 Å². The number of carbonyl (C=O) groups excluding carboxylic acids is 1. The molecule has 1 amide bonds. The Balaban J connectivity index is 2.51. The molecule has 0 aliphatic rings. The number of nitrogens with one attached hydrogen (secondary N) is 2. The highest BCUT2D eigenvalue weighted by atomic mass is 79.9. The molecule has 4 nitrogen and oxygen atoms in total. The number of nitriles is 1. The number of nitrogens with zero attached hydrogens (tertiary/aromatic N) is 1. The molecule has 6 heteroatoms. The molecule has 96 valence electrons. The van der Waals surface area contributed by atoms with Crippen LogP contribution in [0.4, 0.5) is 10.1 Å². The van der Waals surface area contributed by atoms with Gasteiger partial charge in [0.15, 0.2) is 0 Å². The fraction of sp³-hybridized carbons (Fsp3) is 0.333. The second-order valence-electron chi connectivity index (χ2n) is 3.69. The molecule has 0 aliphatic heterocycles. The minimum absolute atomic E-state index is 0.0489. The van der Waals surface area contributed by atoms with Crippen LogP contribution < -0.4 is 10.6 Å². The topological polar surface area (TPSA) is 64.9 Å². The Labute approximate surface area is 113 Å². The first-order valence-electron chi connectivity index (χ1n) is 5.37. The fourth-order valence-electron chi connectivity index (χ4n) is 1.33. The molecule has 1 aromatic rings. The van der Waals surface area contributed by atoms with Crippen molar-refractivity contribution in [3.8, 4) is 6.07 Å². The van der Waals surface area contributed by atoms with E-state index in [-0.39, 0.29) is 24.7 Å². The summed E-state index contributed by atoms with van der Waals surface area (Å²) in [5.41, 5.74) is 1.42. The molecule has 0 saturated carbocycles. The number of aryl methyl sites for hydroxylation is 1. The zero-order chi connectivity index (χ0) is 13.5. The lowest BCUT2D eigenvalue weighted by atomic mass is 10.2. The number of benzene rings is 1. The molecule has 18 heavy (non-hydrogen) atoms. The molecule has 0 saturated heterocycles. The highest BCUT2D eigenvalue weighted by Gasteiger charge is 2.06. The maximum absolute atomic E-state index is 13.3. The van der Waals surface area contributed by atoms with Gasteiger partial charge in [0.2, 0.25) is 5.91 Å². The Kier molecular flexibility index (Phi) is 5.59. The number of rotatable bonds is 5. The van der Waals surface area contributed by atoms with Gasteiger partial charge in [-0.05, 0) is 40.5 Å². The molecule has 0 unspecified atom stereocenters. The van der Waals surface area contributed by atoms with Crippen LogP contribution in [0.25, 0.3) is 0 Å². The number of halogens is 2. The van der Waals surface area contributed by atoms with Crippen LogP contribution in [0.1, 0.15) is 12.0 Å². The van der Waals surface area contributed by atoms with E-state index >= 15 is 0 Å². The van der Waals surface area contributed by atoms with E-state index in [2.05, 4.69) is 26.6 Å². The Hall–Kier alpha value is -1.61. The molecular formula is C12H13BrFN3O. The molecule has 0 fully saturated rings. The van der Waals surface area contributed by atoms with E-state index in [9.17, 15) is 9.18 Å². The minimum atomic E-state index is -0.381. The Morgan fingerprint density at radius 1 is 1.56 bits per heavy atom. The molecule has 0 aliphatic carbocycles. The van der Waals surface area contributed by atoms with Crippen LogP contribution in [-0.2, 0) is 4.79 Å². The first-order chi connectivity index (χ1) is 8.54. The average molecular weight is 314 g/mol. The van der Waals surface area contributed by atoms with Gasteiger partial charge in [0.25, 0.3) is 0 Å². The Morgan fingerprint density at radius 3 is 2.94 bits per heavy atom. The largest absolute Gasteiger partial charge is 0.376 e. The van der Waals surface area contributed by atoms with Crippen LogP contribution in [0.3, 0.4) is 0 Å². The Morgan fingerprint density at radius 2 is 2.28 bits per heavy atom. The van der Waals surface area contributed by atoms with Gasteiger partial charge in [-0.15, -0.1) is 0 Å². The van der Waals surface area contributed by atoms with Gasteiger partial charge in [-0.3, -0.25) is 4.79 Å². The minimum Gasteiger partial charge on any atom is -0.376 e. The molecule has 0 aromatic heterocycles. The summed E-state index contributed by atoms with van der Waals surface area (Å²) in [5.74, 6) is -0.610. The summed E-state index contributed by atoms with van der Waals surface area (Å²) in [5, 5.41) is 13.7. The summed E-state index contributed by atoms with van der Waals surface area (Å²) >= 11 is 3.09. The van der Waals surface area contributed by atoms with Crippen LogP contribution >= 0.6 is 15.9 Å². The maximum Gasteiger partial charge on any atom is 0.239 e. The average Bonchev–Trinajstić information content (AvgIpc) is 2.32. The maximum atomic E-state index is 13.3. The highest BCUT2D eigenvalue weighted by Crippen LogP contribution is 2.23. The summed E-state index contributed by atoms with van der Waals surface area (Å²) in [7, 11) is 0. The normalized spacial score (nSPS) is 9.67. The summed E-state index contributed by atoms with van der Waals surface area (Å²) in [6, 6.07) is 4.91. The summed E-state index contributed by atoms with van der Waals surface area (Å²) in [6.45, 7) is 2.19. The van der Waals surface area contributed by atoms with Crippen molar-refractivity contribution in [2.45, 2.75) is 13.3 Å². The molecule has 0 spiro atoms. The van der Waals surface area contributed by atoms with Gasteiger partial charge in [0.05, 0.1) is 23.5 Å². The number of anilines is 1. The SMILES string of the molecule is Cc1cc(Br)c(F)cc1NCC(=O)NCCC#N. The predicted molar refractivity (Wildman–Crippen MR) is 70.6 cm³/mol. The van der Waals surface area contributed by atoms with Gasteiger partial charge in [-0.2, -0.15) is 5.26 Å². The lowest BCUT2D eigenvalue weighted by molar-refractivity contribution is -0.119. The number of amides is 1. The molecule has 0 bridgehead atoms. The van der Waals surface area contributed by atoms with Crippen molar-refractivity contribution >= 4 is 27.5 Å². The third-order valence-electron chi connectivity index (χ3n) is 2.27. The Bertz CT molecular complexity index is 485. The molecule has 1 aromatic carbocycles. The number of carbonyl (C=O) groups is 1. The van der Waals surface area contributed by atoms with Crippen LogP contribution in [0.15, 0.2) is 16.6 Å². The van der Waals surface area contributed by atoms with Crippen molar-refractivity contribution in [1.29, 1.82) is 5.26 Å². The van der Waals surface area contributed by atoms with Gasteiger partial charge in [-0.25, -0.2) is 4.39 Å². The molecule has 0 radical (unpaired) electrons. The van der Waals surface area contributed by atoms with Crippen LogP contribution in [0, 0.1) is 24.1 Å². The van der Waals surface area contributed by atoms with Gasteiger partial charge >= 0.3 is 0 Å². The standard InChI is InChI=1S/C12H13BrFN3O/c1-8-5-9(13)10(14)6-11(8)17-7-12(18)16-4-2-3-15/h5-6,17H,2,4,7H2,1H3,(H,16,18). The van der Waals surface area contributed by atoms with E-state index in [0.717, 1.165) is 5.56 Å². The third kappa shape index (κ3) is 4.34. The summed E-state index contributed by atoms with van der Waals surface area (Å²) < 4.78 is 13.7. The van der Waals surface area contributed by atoms with Gasteiger partial charge in [0, 0.05) is 12.2 Å². The van der Waals surface area contributed by atoms with Crippen molar-refractivity contribution in [2.24, 2.45) is 0 Å². The number of hydrogen-bond donors (Lipinski definition) is 2. The van der Waals surface area contributed by atoms with E-state index < -0.39 is 0 Å². The molecule has 1 rings (SSSR count). The van der Waals surface area contributed by atoms with Crippen molar-refractivity contribution in [1.82, 2.24) is 5.32 Å². The lowest BCUT2D eigenvalue weighted by Gasteiger charge is -2.10. The van der Waals surface area contributed by atoms with Gasteiger partial charge in [0.1, 0.15) is 5.82 Å². The fourth-order valence-corrected chi connectivity index (χ4v) is 1.79. The third-order valence-corrected chi connectivity index (χ3v) is 2.87. The molecule has 0 heterocycles. The lowest BCUT2D eigenvalue weighted by Crippen LogP contribution is -2.30. The molecule has 2 N–H and O–H groups in total. The highest BCUT2D eigenvalue weighted by molar-refractivity contribution is 9.10. The van der Waals surface area contributed by atoms with Crippen molar-refractivity contribution in [3.63, 3.8) is 0 Å². The van der Waals surface area contributed by atoms with Gasteiger partial charge in [-0.1, -0.05) is 0 Å². The quantitative estimate of drug-likeness (QED) is 0.820. The van der Waals surface area contributed by atoms with Crippen LogP contribution in [0.5, 0.6) is 0 Å². The predicted octanol–water partition coefficient (Wildman–Crippen LogP) is 2.34. The zero-order valence-electron chi connectivity index (χ0n) is 9.89. The smallest absolute Gasteiger partial charge is 0.239 e. The van der Waals surface area contributed by atoms with Gasteiger partial charge < -0.3 is 10.6 Å². The van der Waals surface area contributed by atoms with Crippen LogP contribution in [0.2, 0.25) is 0 Å². The summed E-state index contributed by atoms with van der Waals surface area (Å²) in [6.07, 6.45) is 0.275. The van der Waals surface area contributed by atoms with E-state index in [1.54, 1.807) is 6.07 Å². The molecular weight excluding hydrogens is 301 g/mol. The second-order valence-corrected chi connectivity index (χ2v) is 4.55. The van der Waals surface area contributed by atoms with Crippen molar-refractivity contribution < 1.29 is 9.18 Å². The van der Waals surface area contributed by atoms with E-state index in [4.69, 9.17) is 5.26 Å². The van der Waals surface area contributed by atoms with Crippen molar-refractivity contribution in [2.75, 3.05) is 18.4 Å². The molecule has 0 atom stereocenters. The zero-order valence-corrected chi connectivity index (χ0v) is 11.5. The first kappa shape index (κ1) is 14.5. The van der Waals surface area contributed by atoms with E-state index in [1.807, 2.05) is 13.0 Å². The second kappa shape index (κ2) is 6.97. The van der Waals surface area contributed by atoms with Crippen LogP contribution in [-0.4, -0.2) is 19.0 Å². The summed E-state index contributed by atoms with van der Waals surface area (Å²) in [4.78, 5) is 11.4. The first-order valence-corrected chi connectivity index (χ1v) is 6.17. The van der Waals surface area contributed by atoms with E-state index in [1.165, 1.54) is 6.07 Å². The number of hydrogen-bond acceptors (Lipinski definition) is 3. The van der Waals surface area contributed by atoms with Crippen molar-refractivity contribution in [3.05, 3.63) is 28.0 Å². The monoisotopic (exact) mass is 313 g/mol.